The lowest BCUT2D eigenvalue weighted by Crippen LogP contribution is -2.16. The van der Waals surface area contributed by atoms with Gasteiger partial charge >= 0.3 is 0 Å². The fraction of sp³-hybridized carbons (Fsp3) is 1.00. The highest BCUT2D eigenvalue weighted by Gasteiger charge is 2.32. The molecule has 2 aliphatic carbocycles. The van der Waals surface area contributed by atoms with Gasteiger partial charge in [0, 0.05) is 4.83 Å². The van der Waals surface area contributed by atoms with E-state index in [0.29, 0.717) is 0 Å². The molecule has 0 amide bonds. The van der Waals surface area contributed by atoms with Crippen LogP contribution in [0.4, 0.5) is 0 Å². The fourth-order valence-corrected chi connectivity index (χ4v) is 4.07. The maximum Gasteiger partial charge on any atom is 0.0174 e. The van der Waals surface area contributed by atoms with E-state index in [1.807, 2.05) is 0 Å². The van der Waals surface area contributed by atoms with Gasteiger partial charge in [0.05, 0.1) is 0 Å². The first kappa shape index (κ1) is 11.0. The summed E-state index contributed by atoms with van der Waals surface area (Å²) in [4.78, 5) is 0.816. The quantitative estimate of drug-likeness (QED) is 0.627. The van der Waals surface area contributed by atoms with Crippen molar-refractivity contribution < 1.29 is 0 Å². The molecule has 1 heteroatoms. The van der Waals surface area contributed by atoms with E-state index < -0.39 is 0 Å². The summed E-state index contributed by atoms with van der Waals surface area (Å²) in [6.07, 6.45) is 12.0. The van der Waals surface area contributed by atoms with Crippen LogP contribution in [0.15, 0.2) is 0 Å². The van der Waals surface area contributed by atoms with Gasteiger partial charge in [-0.2, -0.15) is 0 Å². The van der Waals surface area contributed by atoms with Crippen LogP contribution in [-0.4, -0.2) is 4.83 Å². The molecule has 3 atom stereocenters. The van der Waals surface area contributed by atoms with E-state index in [2.05, 4.69) is 22.9 Å². The van der Waals surface area contributed by atoms with Crippen LogP contribution in [0.5, 0.6) is 0 Å². The van der Waals surface area contributed by atoms with E-state index in [1.54, 1.807) is 0 Å². The molecule has 0 aliphatic heterocycles. The van der Waals surface area contributed by atoms with Gasteiger partial charge in [0.1, 0.15) is 0 Å². The van der Waals surface area contributed by atoms with E-state index in [1.165, 1.54) is 51.4 Å². The van der Waals surface area contributed by atoms with Crippen LogP contribution >= 0.6 is 15.9 Å². The first-order valence-corrected chi connectivity index (χ1v) is 7.33. The van der Waals surface area contributed by atoms with Gasteiger partial charge in [-0.1, -0.05) is 55.0 Å². The van der Waals surface area contributed by atoms with Crippen molar-refractivity contribution in [3.63, 3.8) is 0 Å². The first-order valence-electron chi connectivity index (χ1n) is 6.41. The maximum atomic E-state index is 3.81. The molecule has 0 nitrogen and oxygen atoms in total. The molecular weight excluding hydrogens is 236 g/mol. The standard InChI is InChI=1S/C13H23Br/c1-10-12(7-8-13(10)14)9-11-5-3-2-4-6-11/h10-13H,2-9H2,1H3. The van der Waals surface area contributed by atoms with Gasteiger partial charge in [0.2, 0.25) is 0 Å². The molecule has 2 saturated carbocycles. The van der Waals surface area contributed by atoms with E-state index in [4.69, 9.17) is 0 Å². The highest BCUT2D eigenvalue weighted by molar-refractivity contribution is 9.09. The third kappa shape index (κ3) is 2.53. The second-order valence-corrected chi connectivity index (χ2v) is 6.63. The summed E-state index contributed by atoms with van der Waals surface area (Å²) in [6, 6.07) is 0. The zero-order chi connectivity index (χ0) is 9.97. The average molecular weight is 259 g/mol. The topological polar surface area (TPSA) is 0 Å². The smallest absolute Gasteiger partial charge is 0.0174 e. The van der Waals surface area contributed by atoms with Gasteiger partial charge in [-0.15, -0.1) is 0 Å². The normalized spacial score (nSPS) is 40.3. The van der Waals surface area contributed by atoms with Gasteiger partial charge in [-0.3, -0.25) is 0 Å². The molecule has 14 heavy (non-hydrogen) atoms. The lowest BCUT2D eigenvalue weighted by Gasteiger charge is -2.26. The van der Waals surface area contributed by atoms with Crippen LogP contribution in [0.3, 0.4) is 0 Å². The summed E-state index contributed by atoms with van der Waals surface area (Å²) in [5, 5.41) is 0. The highest BCUT2D eigenvalue weighted by Crippen LogP contribution is 2.42. The molecule has 0 aromatic heterocycles. The Bertz CT molecular complexity index is 172. The van der Waals surface area contributed by atoms with Gasteiger partial charge in [-0.05, 0) is 37.0 Å². The first-order chi connectivity index (χ1) is 6.77. The number of hydrogen-bond donors (Lipinski definition) is 0. The Morgan fingerprint density at radius 2 is 1.71 bits per heavy atom. The van der Waals surface area contributed by atoms with Gasteiger partial charge in [0.25, 0.3) is 0 Å². The second kappa shape index (κ2) is 5.01. The van der Waals surface area contributed by atoms with Crippen molar-refractivity contribution in [2.75, 3.05) is 0 Å². The summed E-state index contributed by atoms with van der Waals surface area (Å²) in [6.45, 7) is 2.44. The minimum absolute atomic E-state index is 0.816. The third-order valence-electron chi connectivity index (χ3n) is 4.49. The molecule has 2 fully saturated rings. The molecule has 0 aromatic carbocycles. The van der Waals surface area contributed by atoms with Gasteiger partial charge in [-0.25, -0.2) is 0 Å². The SMILES string of the molecule is CC1C(Br)CCC1CC1CCCCC1. The zero-order valence-electron chi connectivity index (χ0n) is 9.34. The number of halogens is 1. The Morgan fingerprint density at radius 1 is 1.00 bits per heavy atom. The van der Waals surface area contributed by atoms with Crippen molar-refractivity contribution in [1.82, 2.24) is 0 Å². The average Bonchev–Trinajstić information content (AvgIpc) is 2.52. The van der Waals surface area contributed by atoms with Crippen molar-refractivity contribution in [2.45, 2.75) is 63.1 Å². The van der Waals surface area contributed by atoms with Crippen molar-refractivity contribution in [3.05, 3.63) is 0 Å². The number of hydrogen-bond acceptors (Lipinski definition) is 0. The summed E-state index contributed by atoms with van der Waals surface area (Å²) >= 11 is 3.81. The molecule has 3 unspecified atom stereocenters. The monoisotopic (exact) mass is 258 g/mol. The summed E-state index contributed by atoms with van der Waals surface area (Å²) in [5.74, 6) is 3.04. The fourth-order valence-electron chi connectivity index (χ4n) is 3.38. The Hall–Kier alpha value is 0.480. The highest BCUT2D eigenvalue weighted by atomic mass is 79.9. The van der Waals surface area contributed by atoms with Crippen LogP contribution in [0.1, 0.15) is 58.3 Å². The van der Waals surface area contributed by atoms with E-state index in [9.17, 15) is 0 Å². The maximum absolute atomic E-state index is 3.81. The molecule has 0 saturated heterocycles. The molecule has 2 rings (SSSR count). The molecule has 0 spiro atoms. The molecular formula is C13H23Br. The van der Waals surface area contributed by atoms with Crippen molar-refractivity contribution >= 4 is 15.9 Å². The van der Waals surface area contributed by atoms with Gasteiger partial charge in [0.15, 0.2) is 0 Å². The Labute approximate surface area is 97.0 Å². The Morgan fingerprint density at radius 3 is 2.29 bits per heavy atom. The number of rotatable bonds is 2. The van der Waals surface area contributed by atoms with Crippen LogP contribution < -0.4 is 0 Å². The zero-order valence-corrected chi connectivity index (χ0v) is 10.9. The van der Waals surface area contributed by atoms with E-state index >= 15 is 0 Å². The lowest BCUT2D eigenvalue weighted by atomic mass is 9.80. The minimum Gasteiger partial charge on any atom is -0.0888 e. The van der Waals surface area contributed by atoms with Crippen molar-refractivity contribution in [1.29, 1.82) is 0 Å². The molecule has 0 bridgehead atoms. The summed E-state index contributed by atoms with van der Waals surface area (Å²) in [5.41, 5.74) is 0. The van der Waals surface area contributed by atoms with Crippen molar-refractivity contribution in [3.8, 4) is 0 Å². The van der Waals surface area contributed by atoms with E-state index in [-0.39, 0.29) is 0 Å². The molecule has 82 valence electrons. The second-order valence-electron chi connectivity index (χ2n) is 5.45. The molecule has 0 aromatic rings. The molecule has 0 heterocycles. The van der Waals surface area contributed by atoms with Crippen LogP contribution in [0, 0.1) is 17.8 Å². The van der Waals surface area contributed by atoms with E-state index in [0.717, 1.165) is 22.6 Å². The molecule has 0 N–H and O–H groups in total. The Balaban J connectivity index is 1.79. The van der Waals surface area contributed by atoms with Crippen LogP contribution in [0.25, 0.3) is 0 Å². The Kier molecular flexibility index (Phi) is 3.93. The largest absolute Gasteiger partial charge is 0.0888 e. The predicted molar refractivity (Wildman–Crippen MR) is 65.8 cm³/mol. The molecule has 2 aliphatic rings. The van der Waals surface area contributed by atoms with Crippen molar-refractivity contribution in [2.24, 2.45) is 17.8 Å². The summed E-state index contributed by atoms with van der Waals surface area (Å²) in [7, 11) is 0. The molecule has 0 radical (unpaired) electrons. The van der Waals surface area contributed by atoms with Crippen LogP contribution in [0.2, 0.25) is 0 Å². The number of alkyl halides is 1. The van der Waals surface area contributed by atoms with Crippen LogP contribution in [-0.2, 0) is 0 Å². The summed E-state index contributed by atoms with van der Waals surface area (Å²) < 4.78 is 0. The third-order valence-corrected chi connectivity index (χ3v) is 5.78. The minimum atomic E-state index is 0.816. The predicted octanol–water partition coefficient (Wildman–Crippen LogP) is 4.77. The van der Waals surface area contributed by atoms with Gasteiger partial charge < -0.3 is 0 Å². The lowest BCUT2D eigenvalue weighted by molar-refractivity contribution is 0.261.